The van der Waals surface area contributed by atoms with Gasteiger partial charge in [0, 0.05) is 24.2 Å². The van der Waals surface area contributed by atoms with Crippen LogP contribution in [0.15, 0.2) is 18.2 Å². The van der Waals surface area contributed by atoms with Crippen LogP contribution in [0.2, 0.25) is 0 Å². The summed E-state index contributed by atoms with van der Waals surface area (Å²) in [6, 6.07) is 8.27. The zero-order chi connectivity index (χ0) is 15.0. The lowest BCUT2D eigenvalue weighted by atomic mass is 10.1. The summed E-state index contributed by atoms with van der Waals surface area (Å²) in [5.74, 6) is 1.49. The van der Waals surface area contributed by atoms with Gasteiger partial charge in [-0.3, -0.25) is 0 Å². The molecule has 0 aliphatic heterocycles. The maximum atomic E-state index is 8.89. The summed E-state index contributed by atoms with van der Waals surface area (Å²) in [5, 5.41) is 12.2. The van der Waals surface area contributed by atoms with Gasteiger partial charge in [0.2, 0.25) is 0 Å². The Bertz CT molecular complexity index is 452. The summed E-state index contributed by atoms with van der Waals surface area (Å²) in [6.07, 6.45) is 0.482. The molecule has 1 atom stereocenters. The van der Waals surface area contributed by atoms with E-state index in [-0.39, 0.29) is 0 Å². The van der Waals surface area contributed by atoms with Crippen LogP contribution in [-0.4, -0.2) is 18.8 Å². The smallest absolute Gasteiger partial charge is 0.181 e. The van der Waals surface area contributed by atoms with Crippen molar-refractivity contribution in [2.24, 2.45) is 0 Å². The highest BCUT2D eigenvalue weighted by molar-refractivity contribution is 5.41. The molecule has 110 valence electrons. The number of hydrogen-bond acceptors (Lipinski definition) is 4. The minimum absolute atomic E-state index is 0.396. The van der Waals surface area contributed by atoms with E-state index >= 15 is 0 Å². The van der Waals surface area contributed by atoms with E-state index < -0.39 is 6.10 Å². The fourth-order valence-electron chi connectivity index (χ4n) is 1.63. The van der Waals surface area contributed by atoms with Crippen LogP contribution in [0.25, 0.3) is 0 Å². The summed E-state index contributed by atoms with van der Waals surface area (Å²) in [7, 11) is 0. The van der Waals surface area contributed by atoms with Crippen molar-refractivity contribution in [1.82, 2.24) is 5.32 Å². The zero-order valence-electron chi connectivity index (χ0n) is 12.8. The van der Waals surface area contributed by atoms with E-state index in [2.05, 4.69) is 32.2 Å². The molecule has 4 nitrogen and oxygen atoms in total. The minimum Gasteiger partial charge on any atom is -0.493 e. The van der Waals surface area contributed by atoms with Crippen molar-refractivity contribution in [3.05, 3.63) is 23.8 Å². The van der Waals surface area contributed by atoms with Crippen molar-refractivity contribution in [3.63, 3.8) is 0 Å². The molecule has 0 aliphatic rings. The van der Waals surface area contributed by atoms with Crippen LogP contribution >= 0.6 is 0 Å². The van der Waals surface area contributed by atoms with Gasteiger partial charge in [-0.25, -0.2) is 0 Å². The highest BCUT2D eigenvalue weighted by Crippen LogP contribution is 2.26. The van der Waals surface area contributed by atoms with Gasteiger partial charge in [0.15, 0.2) is 6.10 Å². The van der Waals surface area contributed by atoms with Crippen molar-refractivity contribution in [1.29, 1.82) is 5.26 Å². The van der Waals surface area contributed by atoms with E-state index in [0.29, 0.717) is 24.9 Å². The summed E-state index contributed by atoms with van der Waals surface area (Å²) in [4.78, 5) is 0. The van der Waals surface area contributed by atoms with Gasteiger partial charge in [-0.05, 0) is 19.4 Å². The van der Waals surface area contributed by atoms with Crippen molar-refractivity contribution in [2.75, 3.05) is 6.61 Å². The largest absolute Gasteiger partial charge is 0.493 e. The molecule has 20 heavy (non-hydrogen) atoms. The molecular weight excluding hydrogens is 252 g/mol. The average molecular weight is 276 g/mol. The van der Waals surface area contributed by atoms with Crippen LogP contribution in [0.3, 0.4) is 0 Å². The molecule has 0 saturated carbocycles. The molecular formula is C16H24N2O2. The second kappa shape index (κ2) is 8.44. The number of hydrogen-bond donors (Lipinski definition) is 1. The molecule has 0 aliphatic carbocycles. The van der Waals surface area contributed by atoms with Gasteiger partial charge in [-0.2, -0.15) is 5.26 Å². The molecule has 0 fully saturated rings. The zero-order valence-corrected chi connectivity index (χ0v) is 12.8. The third kappa shape index (κ3) is 5.50. The minimum atomic E-state index is -0.478. The first-order valence-corrected chi connectivity index (χ1v) is 7.12. The first-order chi connectivity index (χ1) is 9.56. The number of ether oxygens (including phenoxy) is 2. The van der Waals surface area contributed by atoms with Crippen molar-refractivity contribution < 1.29 is 9.47 Å². The Hall–Kier alpha value is -1.73. The van der Waals surface area contributed by atoms with Gasteiger partial charge in [-0.1, -0.05) is 26.8 Å². The van der Waals surface area contributed by atoms with Crippen LogP contribution in [0.1, 0.15) is 39.7 Å². The van der Waals surface area contributed by atoms with Crippen LogP contribution in [-0.2, 0) is 6.54 Å². The Morgan fingerprint density at radius 2 is 2.05 bits per heavy atom. The number of nitriles is 1. The van der Waals surface area contributed by atoms with E-state index in [1.807, 2.05) is 18.2 Å². The molecule has 0 bridgehead atoms. The summed E-state index contributed by atoms with van der Waals surface area (Å²) >= 11 is 0. The monoisotopic (exact) mass is 276 g/mol. The third-order valence-electron chi connectivity index (χ3n) is 2.70. The second-order valence-electron chi connectivity index (χ2n) is 5.04. The van der Waals surface area contributed by atoms with Crippen molar-refractivity contribution in [2.45, 2.75) is 52.8 Å². The molecule has 0 amide bonds. The van der Waals surface area contributed by atoms with Crippen LogP contribution in [0, 0.1) is 11.3 Å². The second-order valence-corrected chi connectivity index (χ2v) is 5.04. The number of benzene rings is 1. The maximum absolute atomic E-state index is 8.89. The predicted octanol–water partition coefficient (Wildman–Crippen LogP) is 3.26. The quantitative estimate of drug-likeness (QED) is 0.791. The topological polar surface area (TPSA) is 54.3 Å². The van der Waals surface area contributed by atoms with Gasteiger partial charge < -0.3 is 14.8 Å². The standard InChI is InChI=1S/C16H24N2O2/c1-5-8-19-15-7-6-14(11-18-12(2)3)16(9-15)20-13(4)10-17/h6-7,9,12-13,18H,5,8,11H2,1-4H3. The predicted molar refractivity (Wildman–Crippen MR) is 79.9 cm³/mol. The van der Waals surface area contributed by atoms with E-state index in [9.17, 15) is 0 Å². The van der Waals surface area contributed by atoms with Crippen LogP contribution in [0.5, 0.6) is 11.5 Å². The highest BCUT2D eigenvalue weighted by atomic mass is 16.5. The molecule has 0 spiro atoms. The highest BCUT2D eigenvalue weighted by Gasteiger charge is 2.10. The SMILES string of the molecule is CCCOc1ccc(CNC(C)C)c(OC(C)C#N)c1. The summed E-state index contributed by atoms with van der Waals surface area (Å²) in [6.45, 7) is 9.37. The van der Waals surface area contributed by atoms with E-state index in [1.165, 1.54) is 0 Å². The number of rotatable bonds is 8. The Morgan fingerprint density at radius 1 is 1.30 bits per heavy atom. The fraction of sp³-hybridized carbons (Fsp3) is 0.562. The average Bonchev–Trinajstić information content (AvgIpc) is 2.43. The van der Waals surface area contributed by atoms with Gasteiger partial charge in [-0.15, -0.1) is 0 Å². The Balaban J connectivity index is 2.88. The lowest BCUT2D eigenvalue weighted by Crippen LogP contribution is -2.22. The lowest BCUT2D eigenvalue weighted by Gasteiger charge is -2.16. The molecule has 0 heterocycles. The maximum Gasteiger partial charge on any atom is 0.181 e. The molecule has 4 heteroatoms. The first-order valence-electron chi connectivity index (χ1n) is 7.12. The van der Waals surface area contributed by atoms with Crippen LogP contribution < -0.4 is 14.8 Å². The molecule has 1 N–H and O–H groups in total. The Morgan fingerprint density at radius 3 is 2.65 bits per heavy atom. The first kappa shape index (κ1) is 16.3. The van der Waals surface area contributed by atoms with Crippen molar-refractivity contribution >= 4 is 0 Å². The Kier molecular flexibility index (Phi) is 6.89. The van der Waals surface area contributed by atoms with Crippen LogP contribution in [0.4, 0.5) is 0 Å². The summed E-state index contributed by atoms with van der Waals surface area (Å²) < 4.78 is 11.3. The number of nitrogens with zero attached hydrogens (tertiary/aromatic N) is 1. The van der Waals surface area contributed by atoms with Gasteiger partial charge in [0.05, 0.1) is 6.61 Å². The normalized spacial score (nSPS) is 12.0. The lowest BCUT2D eigenvalue weighted by molar-refractivity contribution is 0.268. The van der Waals surface area contributed by atoms with E-state index in [4.69, 9.17) is 14.7 Å². The van der Waals surface area contributed by atoms with E-state index in [0.717, 1.165) is 17.7 Å². The third-order valence-corrected chi connectivity index (χ3v) is 2.70. The molecule has 0 saturated heterocycles. The molecule has 1 aromatic carbocycles. The van der Waals surface area contributed by atoms with Gasteiger partial charge >= 0.3 is 0 Å². The fourth-order valence-corrected chi connectivity index (χ4v) is 1.63. The molecule has 1 unspecified atom stereocenters. The molecule has 0 aromatic heterocycles. The van der Waals surface area contributed by atoms with Gasteiger partial charge in [0.25, 0.3) is 0 Å². The number of nitrogens with one attached hydrogen (secondary N) is 1. The van der Waals surface area contributed by atoms with Gasteiger partial charge in [0.1, 0.15) is 17.6 Å². The van der Waals surface area contributed by atoms with E-state index in [1.54, 1.807) is 6.92 Å². The summed E-state index contributed by atoms with van der Waals surface area (Å²) in [5.41, 5.74) is 1.03. The van der Waals surface area contributed by atoms with Crippen molar-refractivity contribution in [3.8, 4) is 17.6 Å². The Labute approximate surface area is 121 Å². The molecule has 1 aromatic rings. The molecule has 0 radical (unpaired) electrons. The molecule has 1 rings (SSSR count).